The molecular weight excluding hydrogens is 386 g/mol. The summed E-state index contributed by atoms with van der Waals surface area (Å²) in [5.74, 6) is 1.11. The SMILES string of the molecule is C=C(C)C(=O)ONCCc1cc(-c2ccc(C3CCC(C)CC3)cc2)ccc1CCO. The molecule has 1 aliphatic rings. The van der Waals surface area contributed by atoms with Gasteiger partial charge in [-0.05, 0) is 72.3 Å². The Morgan fingerprint density at radius 1 is 1.03 bits per heavy atom. The number of carbonyl (C=O) groups is 1. The van der Waals surface area contributed by atoms with Gasteiger partial charge in [0.05, 0.1) is 0 Å². The Labute approximate surface area is 186 Å². The molecule has 2 aromatic carbocycles. The Hall–Kier alpha value is -2.43. The Balaban J connectivity index is 1.68. The quantitative estimate of drug-likeness (QED) is 0.326. The van der Waals surface area contributed by atoms with Gasteiger partial charge in [-0.1, -0.05) is 68.8 Å². The molecule has 4 nitrogen and oxygen atoms in total. The number of aliphatic hydroxyl groups excluding tert-OH is 1. The van der Waals surface area contributed by atoms with E-state index in [2.05, 4.69) is 61.4 Å². The van der Waals surface area contributed by atoms with Crippen LogP contribution in [0.5, 0.6) is 0 Å². The molecule has 2 aromatic rings. The Morgan fingerprint density at radius 3 is 2.35 bits per heavy atom. The maximum Gasteiger partial charge on any atom is 0.351 e. The first-order chi connectivity index (χ1) is 15.0. The summed E-state index contributed by atoms with van der Waals surface area (Å²) in [6.07, 6.45) is 6.56. The van der Waals surface area contributed by atoms with Crippen molar-refractivity contribution in [2.45, 2.75) is 58.3 Å². The molecule has 0 unspecified atom stereocenters. The van der Waals surface area contributed by atoms with Gasteiger partial charge in [-0.2, -0.15) is 5.48 Å². The molecule has 0 amide bonds. The van der Waals surface area contributed by atoms with E-state index in [0.717, 1.165) is 17.0 Å². The van der Waals surface area contributed by atoms with Crippen molar-refractivity contribution in [2.24, 2.45) is 5.92 Å². The summed E-state index contributed by atoms with van der Waals surface area (Å²) in [4.78, 5) is 16.5. The molecule has 0 saturated heterocycles. The number of nitrogens with one attached hydrogen (secondary N) is 1. The average Bonchev–Trinajstić information content (AvgIpc) is 2.78. The first-order valence-electron chi connectivity index (χ1n) is 11.4. The fourth-order valence-corrected chi connectivity index (χ4v) is 4.33. The highest BCUT2D eigenvalue weighted by Crippen LogP contribution is 2.36. The van der Waals surface area contributed by atoms with E-state index in [1.807, 2.05) is 0 Å². The summed E-state index contributed by atoms with van der Waals surface area (Å²) >= 11 is 0. The average molecular weight is 422 g/mol. The van der Waals surface area contributed by atoms with Crippen LogP contribution in [0.1, 0.15) is 62.1 Å². The minimum absolute atomic E-state index is 0.110. The zero-order chi connectivity index (χ0) is 22.2. The third kappa shape index (κ3) is 6.52. The third-order valence-corrected chi connectivity index (χ3v) is 6.33. The summed E-state index contributed by atoms with van der Waals surface area (Å²) in [6, 6.07) is 15.4. The lowest BCUT2D eigenvalue weighted by molar-refractivity contribution is -0.146. The summed E-state index contributed by atoms with van der Waals surface area (Å²) in [5, 5.41) is 9.41. The van der Waals surface area contributed by atoms with E-state index >= 15 is 0 Å². The molecular formula is C27H35NO3. The van der Waals surface area contributed by atoms with Gasteiger partial charge in [-0.3, -0.25) is 0 Å². The molecule has 0 spiro atoms. The molecule has 0 bridgehead atoms. The molecule has 0 aromatic heterocycles. The maximum atomic E-state index is 11.5. The molecule has 4 heteroatoms. The van der Waals surface area contributed by atoms with E-state index in [9.17, 15) is 9.90 Å². The molecule has 0 atom stereocenters. The predicted molar refractivity (Wildman–Crippen MR) is 126 cm³/mol. The van der Waals surface area contributed by atoms with Crippen LogP contribution < -0.4 is 5.48 Å². The van der Waals surface area contributed by atoms with Crippen molar-refractivity contribution in [1.29, 1.82) is 0 Å². The van der Waals surface area contributed by atoms with E-state index in [0.29, 0.717) is 30.9 Å². The fraction of sp³-hybridized carbons (Fsp3) is 0.444. The fourth-order valence-electron chi connectivity index (χ4n) is 4.33. The van der Waals surface area contributed by atoms with Gasteiger partial charge in [0.2, 0.25) is 0 Å². The summed E-state index contributed by atoms with van der Waals surface area (Å²) in [5.41, 5.74) is 9.17. The first-order valence-corrected chi connectivity index (χ1v) is 11.4. The summed E-state index contributed by atoms with van der Waals surface area (Å²) < 4.78 is 0. The van der Waals surface area contributed by atoms with E-state index in [1.165, 1.54) is 42.4 Å². The van der Waals surface area contributed by atoms with Crippen molar-refractivity contribution in [3.05, 3.63) is 71.3 Å². The van der Waals surface area contributed by atoms with Crippen molar-refractivity contribution >= 4 is 5.97 Å². The molecule has 1 saturated carbocycles. The monoisotopic (exact) mass is 421 g/mol. The first kappa shape index (κ1) is 23.2. The van der Waals surface area contributed by atoms with Gasteiger partial charge in [0.1, 0.15) is 0 Å². The molecule has 0 aliphatic heterocycles. The number of rotatable bonds is 9. The Bertz CT molecular complexity index is 880. The van der Waals surface area contributed by atoms with Gasteiger partial charge in [0.25, 0.3) is 0 Å². The maximum absolute atomic E-state index is 11.5. The number of hydrogen-bond acceptors (Lipinski definition) is 4. The van der Waals surface area contributed by atoms with Crippen molar-refractivity contribution in [3.8, 4) is 11.1 Å². The Morgan fingerprint density at radius 2 is 1.71 bits per heavy atom. The standard InChI is InChI=1S/C27H35NO3/c1-19(2)27(30)31-28-16-14-26-18-25(13-12-24(26)15-17-29)23-10-8-22(9-11-23)21-6-4-20(3)5-7-21/h8-13,18,20-21,28-29H,1,4-7,14-17H2,2-3H3. The van der Waals surface area contributed by atoms with Crippen molar-refractivity contribution in [1.82, 2.24) is 5.48 Å². The number of aliphatic hydroxyl groups is 1. The lowest BCUT2D eigenvalue weighted by Crippen LogP contribution is -2.23. The normalized spacial score (nSPS) is 18.5. The van der Waals surface area contributed by atoms with Gasteiger partial charge < -0.3 is 9.94 Å². The minimum Gasteiger partial charge on any atom is -0.396 e. The van der Waals surface area contributed by atoms with E-state index in [-0.39, 0.29) is 6.61 Å². The van der Waals surface area contributed by atoms with Crippen LogP contribution in [-0.4, -0.2) is 24.2 Å². The minimum atomic E-state index is -0.447. The number of hydroxylamine groups is 1. The van der Waals surface area contributed by atoms with Gasteiger partial charge >= 0.3 is 5.97 Å². The van der Waals surface area contributed by atoms with Gasteiger partial charge in [-0.15, -0.1) is 0 Å². The number of benzene rings is 2. The van der Waals surface area contributed by atoms with Gasteiger partial charge in [0.15, 0.2) is 0 Å². The highest BCUT2D eigenvalue weighted by atomic mass is 16.7. The molecule has 166 valence electrons. The topological polar surface area (TPSA) is 58.6 Å². The molecule has 2 N–H and O–H groups in total. The zero-order valence-electron chi connectivity index (χ0n) is 18.8. The smallest absolute Gasteiger partial charge is 0.351 e. The van der Waals surface area contributed by atoms with Crippen molar-refractivity contribution in [3.63, 3.8) is 0 Å². The molecule has 1 fully saturated rings. The molecule has 31 heavy (non-hydrogen) atoms. The third-order valence-electron chi connectivity index (χ3n) is 6.33. The van der Waals surface area contributed by atoms with Crippen LogP contribution in [0.15, 0.2) is 54.6 Å². The van der Waals surface area contributed by atoms with Crippen LogP contribution in [0.25, 0.3) is 11.1 Å². The van der Waals surface area contributed by atoms with Crippen LogP contribution in [-0.2, 0) is 22.5 Å². The lowest BCUT2D eigenvalue weighted by Gasteiger charge is -2.26. The van der Waals surface area contributed by atoms with Crippen molar-refractivity contribution < 1.29 is 14.7 Å². The molecule has 0 radical (unpaired) electrons. The highest BCUT2D eigenvalue weighted by Gasteiger charge is 2.19. The second-order valence-electron chi connectivity index (χ2n) is 8.85. The van der Waals surface area contributed by atoms with Gasteiger partial charge in [0, 0.05) is 18.7 Å². The predicted octanol–water partition coefficient (Wildman–Crippen LogP) is 5.35. The molecule has 0 heterocycles. The zero-order valence-corrected chi connectivity index (χ0v) is 18.8. The van der Waals surface area contributed by atoms with Crippen molar-refractivity contribution in [2.75, 3.05) is 13.2 Å². The van der Waals surface area contributed by atoms with Crippen LogP contribution in [0.3, 0.4) is 0 Å². The van der Waals surface area contributed by atoms with E-state index < -0.39 is 5.97 Å². The largest absolute Gasteiger partial charge is 0.396 e. The highest BCUT2D eigenvalue weighted by molar-refractivity contribution is 5.86. The van der Waals surface area contributed by atoms with Crippen LogP contribution >= 0.6 is 0 Å². The molecule has 1 aliphatic carbocycles. The number of hydrogen-bond donors (Lipinski definition) is 2. The Kier molecular flexibility index (Phi) is 8.44. The summed E-state index contributed by atoms with van der Waals surface area (Å²) in [7, 11) is 0. The van der Waals surface area contributed by atoms with Gasteiger partial charge in [-0.25, -0.2) is 4.79 Å². The van der Waals surface area contributed by atoms with Crippen LogP contribution in [0.4, 0.5) is 0 Å². The van der Waals surface area contributed by atoms with Crippen LogP contribution in [0, 0.1) is 5.92 Å². The second-order valence-corrected chi connectivity index (χ2v) is 8.85. The van der Waals surface area contributed by atoms with E-state index in [1.54, 1.807) is 6.92 Å². The lowest BCUT2D eigenvalue weighted by atomic mass is 9.79. The number of carbonyl (C=O) groups excluding carboxylic acids is 1. The van der Waals surface area contributed by atoms with Crippen LogP contribution in [0.2, 0.25) is 0 Å². The molecule has 3 rings (SSSR count). The summed E-state index contributed by atoms with van der Waals surface area (Å²) in [6.45, 7) is 8.16. The van der Waals surface area contributed by atoms with E-state index in [4.69, 9.17) is 4.84 Å². The second kappa shape index (κ2) is 11.3.